The van der Waals surface area contributed by atoms with Crippen molar-refractivity contribution >= 4 is 22.5 Å². The average molecular weight is 356 g/mol. The standard InChI is InChI=1S/C21H17N5O/c1-14-7-8-18-24-20-17(21(27)26(18)13-14)11-16(12-22)19(23)25(20)10-9-15-5-3-2-4-6-15/h2-8,11,13,23H,9-10H2,1H3/p+1. The molecule has 0 saturated heterocycles. The lowest BCUT2D eigenvalue weighted by atomic mass is 10.1. The summed E-state index contributed by atoms with van der Waals surface area (Å²) in [4.78, 5) is 17.7. The Labute approximate surface area is 155 Å². The van der Waals surface area contributed by atoms with E-state index in [1.54, 1.807) is 10.8 Å². The molecule has 4 aromatic rings. The van der Waals surface area contributed by atoms with Gasteiger partial charge in [-0.3, -0.25) is 9.20 Å². The Bertz CT molecular complexity index is 1270. The molecule has 0 spiro atoms. The quantitative estimate of drug-likeness (QED) is 0.450. The summed E-state index contributed by atoms with van der Waals surface area (Å²) in [5.41, 5.74) is 9.46. The highest BCUT2D eigenvalue weighted by molar-refractivity contribution is 5.76. The van der Waals surface area contributed by atoms with Gasteiger partial charge in [0.2, 0.25) is 11.5 Å². The number of aryl methyl sites for hydroxylation is 3. The molecule has 6 heteroatoms. The number of nitrogens with two attached hydrogens (primary N) is 1. The molecule has 0 radical (unpaired) electrons. The Balaban J connectivity index is 1.97. The van der Waals surface area contributed by atoms with Crippen molar-refractivity contribution < 1.29 is 4.57 Å². The van der Waals surface area contributed by atoms with Crippen LogP contribution in [-0.2, 0) is 13.0 Å². The average Bonchev–Trinajstić information content (AvgIpc) is 2.69. The normalized spacial score (nSPS) is 11.0. The van der Waals surface area contributed by atoms with Crippen molar-refractivity contribution in [2.24, 2.45) is 0 Å². The molecule has 0 aliphatic heterocycles. The van der Waals surface area contributed by atoms with E-state index in [0.29, 0.717) is 35.5 Å². The molecule has 2 N–H and O–H groups in total. The van der Waals surface area contributed by atoms with Crippen LogP contribution in [0, 0.1) is 18.3 Å². The molecule has 0 fully saturated rings. The zero-order valence-corrected chi connectivity index (χ0v) is 14.9. The first kappa shape index (κ1) is 16.7. The molecule has 0 saturated carbocycles. The van der Waals surface area contributed by atoms with E-state index < -0.39 is 0 Å². The lowest BCUT2D eigenvalue weighted by molar-refractivity contribution is -0.658. The fourth-order valence-electron chi connectivity index (χ4n) is 3.26. The van der Waals surface area contributed by atoms with Gasteiger partial charge in [-0.1, -0.05) is 41.4 Å². The van der Waals surface area contributed by atoms with Crippen LogP contribution in [-0.4, -0.2) is 9.38 Å². The lowest BCUT2D eigenvalue weighted by Gasteiger charge is -2.10. The van der Waals surface area contributed by atoms with Crippen LogP contribution in [0.25, 0.3) is 16.7 Å². The first-order chi connectivity index (χ1) is 13.1. The fraction of sp³-hybridized carbons (Fsp3) is 0.143. The molecule has 1 aromatic carbocycles. The number of nitrogens with zero attached hydrogens (tertiary/aromatic N) is 4. The second kappa shape index (κ2) is 6.54. The van der Waals surface area contributed by atoms with E-state index in [1.807, 2.05) is 49.4 Å². The van der Waals surface area contributed by atoms with Crippen LogP contribution in [0.1, 0.15) is 16.7 Å². The number of nitriles is 1. The summed E-state index contributed by atoms with van der Waals surface area (Å²) in [5.74, 6) is 0.323. The zero-order chi connectivity index (χ0) is 19.0. The van der Waals surface area contributed by atoms with E-state index >= 15 is 0 Å². The van der Waals surface area contributed by atoms with Gasteiger partial charge in [-0.05, 0) is 30.2 Å². The maximum absolute atomic E-state index is 13.0. The second-order valence-corrected chi connectivity index (χ2v) is 6.53. The number of pyridine rings is 2. The van der Waals surface area contributed by atoms with E-state index in [4.69, 9.17) is 5.73 Å². The Hall–Kier alpha value is -3.72. The van der Waals surface area contributed by atoms with Crippen molar-refractivity contribution in [1.29, 1.82) is 5.26 Å². The molecule has 0 aliphatic rings. The highest BCUT2D eigenvalue weighted by Crippen LogP contribution is 2.14. The minimum absolute atomic E-state index is 0.205. The molecule has 0 bridgehead atoms. The van der Waals surface area contributed by atoms with Crippen LogP contribution in [0.2, 0.25) is 0 Å². The molecule has 0 aliphatic carbocycles. The lowest BCUT2D eigenvalue weighted by Crippen LogP contribution is -2.42. The first-order valence-electron chi connectivity index (χ1n) is 8.67. The van der Waals surface area contributed by atoms with Gasteiger partial charge in [0.15, 0.2) is 0 Å². The van der Waals surface area contributed by atoms with E-state index in [1.165, 1.54) is 10.5 Å². The topological polar surface area (TPSA) is 88.1 Å². The molecule has 3 heterocycles. The first-order valence-corrected chi connectivity index (χ1v) is 8.67. The summed E-state index contributed by atoms with van der Waals surface area (Å²) in [6, 6.07) is 17.3. The maximum atomic E-state index is 13.0. The van der Waals surface area contributed by atoms with Crippen LogP contribution >= 0.6 is 0 Å². The molecular weight excluding hydrogens is 338 g/mol. The van der Waals surface area contributed by atoms with Gasteiger partial charge in [0, 0.05) is 12.6 Å². The summed E-state index contributed by atoms with van der Waals surface area (Å²) >= 11 is 0. The van der Waals surface area contributed by atoms with Gasteiger partial charge in [-0.2, -0.15) is 5.26 Å². The molecule has 0 amide bonds. The van der Waals surface area contributed by atoms with Crippen molar-refractivity contribution in [3.63, 3.8) is 0 Å². The summed E-state index contributed by atoms with van der Waals surface area (Å²) in [6.07, 6.45) is 2.47. The van der Waals surface area contributed by atoms with Gasteiger partial charge < -0.3 is 5.73 Å². The highest BCUT2D eigenvalue weighted by Gasteiger charge is 2.20. The number of rotatable bonds is 3. The summed E-state index contributed by atoms with van der Waals surface area (Å²) < 4.78 is 3.28. The van der Waals surface area contributed by atoms with Crippen LogP contribution in [0.4, 0.5) is 5.82 Å². The zero-order valence-electron chi connectivity index (χ0n) is 14.9. The van der Waals surface area contributed by atoms with Gasteiger partial charge in [0.25, 0.3) is 11.2 Å². The number of hydrogen-bond donors (Lipinski definition) is 1. The van der Waals surface area contributed by atoms with Crippen molar-refractivity contribution in [2.45, 2.75) is 19.9 Å². The summed E-state index contributed by atoms with van der Waals surface area (Å²) in [7, 11) is 0. The molecule has 6 nitrogen and oxygen atoms in total. The minimum Gasteiger partial charge on any atom is -0.317 e. The number of anilines is 1. The third-order valence-corrected chi connectivity index (χ3v) is 4.68. The number of nitrogen functional groups attached to an aromatic ring is 1. The van der Waals surface area contributed by atoms with Crippen molar-refractivity contribution in [3.8, 4) is 6.07 Å². The van der Waals surface area contributed by atoms with Gasteiger partial charge in [0.05, 0.1) is 6.54 Å². The van der Waals surface area contributed by atoms with E-state index in [-0.39, 0.29) is 11.1 Å². The summed E-state index contributed by atoms with van der Waals surface area (Å²) in [5, 5.41) is 9.85. The monoisotopic (exact) mass is 356 g/mol. The predicted molar refractivity (Wildman–Crippen MR) is 103 cm³/mol. The van der Waals surface area contributed by atoms with Crippen molar-refractivity contribution in [2.75, 3.05) is 5.73 Å². The molecule has 27 heavy (non-hydrogen) atoms. The Morgan fingerprint density at radius 3 is 2.74 bits per heavy atom. The highest BCUT2D eigenvalue weighted by atomic mass is 16.1. The molecule has 0 unspecified atom stereocenters. The van der Waals surface area contributed by atoms with Gasteiger partial charge in [0.1, 0.15) is 17.0 Å². The summed E-state index contributed by atoms with van der Waals surface area (Å²) in [6.45, 7) is 2.44. The van der Waals surface area contributed by atoms with Crippen LogP contribution in [0.15, 0.2) is 59.5 Å². The SMILES string of the molecule is Cc1ccc2nc3c(cc(C#N)c(N)[n+]3CCc3ccccc3)c(=O)n2c1. The Kier molecular flexibility index (Phi) is 4.05. The number of fused-ring (bicyclic) bond motifs is 2. The smallest absolute Gasteiger partial charge is 0.278 e. The van der Waals surface area contributed by atoms with Crippen molar-refractivity contribution in [3.05, 3.63) is 81.8 Å². The fourth-order valence-corrected chi connectivity index (χ4v) is 3.26. The number of aromatic nitrogens is 3. The molecule has 132 valence electrons. The van der Waals surface area contributed by atoms with E-state index in [2.05, 4.69) is 11.1 Å². The van der Waals surface area contributed by atoms with Crippen LogP contribution in [0.5, 0.6) is 0 Å². The third kappa shape index (κ3) is 2.89. The van der Waals surface area contributed by atoms with Crippen LogP contribution in [0.3, 0.4) is 0 Å². The predicted octanol–water partition coefficient (Wildman–Crippen LogP) is 2.14. The maximum Gasteiger partial charge on any atom is 0.278 e. The number of hydrogen-bond acceptors (Lipinski definition) is 4. The number of benzene rings is 1. The molecule has 4 rings (SSSR count). The van der Waals surface area contributed by atoms with Gasteiger partial charge in [-0.15, -0.1) is 0 Å². The molecule has 0 atom stereocenters. The van der Waals surface area contributed by atoms with E-state index in [0.717, 1.165) is 11.1 Å². The molecular formula is C21H18N5O+. The third-order valence-electron chi connectivity index (χ3n) is 4.68. The Morgan fingerprint density at radius 2 is 2.00 bits per heavy atom. The van der Waals surface area contributed by atoms with Crippen LogP contribution < -0.4 is 15.9 Å². The second-order valence-electron chi connectivity index (χ2n) is 6.53. The Morgan fingerprint density at radius 1 is 1.22 bits per heavy atom. The van der Waals surface area contributed by atoms with Crippen molar-refractivity contribution in [1.82, 2.24) is 9.38 Å². The van der Waals surface area contributed by atoms with Gasteiger partial charge >= 0.3 is 0 Å². The van der Waals surface area contributed by atoms with E-state index in [9.17, 15) is 10.1 Å². The van der Waals surface area contributed by atoms with Gasteiger partial charge in [-0.25, -0.2) is 4.57 Å². The molecule has 3 aromatic heterocycles. The minimum atomic E-state index is -0.205. The largest absolute Gasteiger partial charge is 0.317 e.